The van der Waals surface area contributed by atoms with Crippen molar-refractivity contribution in [1.82, 2.24) is 9.62 Å². The first-order valence-corrected chi connectivity index (χ1v) is 8.32. The largest absolute Gasteiger partial charge is 0.315 e. The normalized spacial score (nSPS) is 17.1. The summed E-state index contributed by atoms with van der Waals surface area (Å²) in [5, 5.41) is 5.24. The van der Waals surface area contributed by atoms with Gasteiger partial charge in [0.1, 0.15) is 0 Å². The van der Waals surface area contributed by atoms with Crippen LogP contribution in [0, 0.1) is 0 Å². The Morgan fingerprint density at radius 1 is 0.952 bits per heavy atom. The van der Waals surface area contributed by atoms with Gasteiger partial charge in [0, 0.05) is 19.6 Å². The van der Waals surface area contributed by atoms with Gasteiger partial charge in [0.2, 0.25) is 10.0 Å². The minimum absolute atomic E-state index is 0. The maximum atomic E-state index is 12.7. The molecule has 6 heteroatoms. The van der Waals surface area contributed by atoms with Crippen molar-refractivity contribution in [3.05, 3.63) is 42.5 Å². The lowest BCUT2D eigenvalue weighted by Crippen LogP contribution is -2.34. The Hall–Kier alpha value is -1.14. The van der Waals surface area contributed by atoms with E-state index in [0.29, 0.717) is 24.5 Å². The molecule has 0 aromatic heterocycles. The molecule has 21 heavy (non-hydrogen) atoms. The molecule has 1 heterocycles. The van der Waals surface area contributed by atoms with Crippen LogP contribution in [-0.4, -0.2) is 38.9 Å². The third-order valence-electron chi connectivity index (χ3n) is 3.66. The smallest absolute Gasteiger partial charge is 0.243 e. The highest BCUT2D eigenvalue weighted by Gasteiger charge is 2.24. The van der Waals surface area contributed by atoms with E-state index in [9.17, 15) is 8.42 Å². The molecule has 2 aromatic carbocycles. The van der Waals surface area contributed by atoms with Crippen LogP contribution < -0.4 is 5.32 Å². The van der Waals surface area contributed by atoms with Crippen molar-refractivity contribution >= 4 is 33.2 Å². The average molecular weight is 327 g/mol. The van der Waals surface area contributed by atoms with Gasteiger partial charge in [0.25, 0.3) is 0 Å². The van der Waals surface area contributed by atoms with Gasteiger partial charge in [-0.1, -0.05) is 30.3 Å². The monoisotopic (exact) mass is 326 g/mol. The summed E-state index contributed by atoms with van der Waals surface area (Å²) < 4.78 is 26.9. The van der Waals surface area contributed by atoms with Gasteiger partial charge in [-0.3, -0.25) is 0 Å². The lowest BCUT2D eigenvalue weighted by atomic mass is 10.1. The molecule has 2 aromatic rings. The van der Waals surface area contributed by atoms with E-state index in [1.807, 2.05) is 30.3 Å². The number of halogens is 1. The third-order valence-corrected chi connectivity index (χ3v) is 5.55. The summed E-state index contributed by atoms with van der Waals surface area (Å²) in [6, 6.07) is 13.2. The van der Waals surface area contributed by atoms with E-state index >= 15 is 0 Å². The number of rotatable bonds is 2. The SMILES string of the molecule is Cl.O=S(=O)(c1ccc2ccccc2c1)N1CCCNCC1. The molecule has 1 N–H and O–H groups in total. The molecule has 1 aliphatic heterocycles. The molecular weight excluding hydrogens is 308 g/mol. The van der Waals surface area contributed by atoms with Crippen molar-refractivity contribution in [1.29, 1.82) is 0 Å². The van der Waals surface area contributed by atoms with Gasteiger partial charge in [0.05, 0.1) is 4.90 Å². The van der Waals surface area contributed by atoms with Crippen LogP contribution in [0.5, 0.6) is 0 Å². The predicted molar refractivity (Wildman–Crippen MR) is 87.4 cm³/mol. The first-order chi connectivity index (χ1) is 9.68. The maximum Gasteiger partial charge on any atom is 0.243 e. The second-order valence-electron chi connectivity index (χ2n) is 5.02. The van der Waals surface area contributed by atoms with Gasteiger partial charge in [-0.05, 0) is 35.9 Å². The zero-order valence-electron chi connectivity index (χ0n) is 11.7. The Morgan fingerprint density at radius 2 is 1.71 bits per heavy atom. The molecular formula is C15H19ClN2O2S. The first-order valence-electron chi connectivity index (χ1n) is 6.87. The first kappa shape index (κ1) is 16.2. The molecule has 3 rings (SSSR count). The number of sulfonamides is 1. The van der Waals surface area contributed by atoms with Crippen LogP contribution in [-0.2, 0) is 10.0 Å². The number of nitrogens with zero attached hydrogens (tertiary/aromatic N) is 1. The fraction of sp³-hybridized carbons (Fsp3) is 0.333. The molecule has 0 aliphatic carbocycles. The van der Waals surface area contributed by atoms with Crippen LogP contribution >= 0.6 is 12.4 Å². The van der Waals surface area contributed by atoms with Crippen LogP contribution in [0.2, 0.25) is 0 Å². The van der Waals surface area contributed by atoms with Gasteiger partial charge in [-0.15, -0.1) is 12.4 Å². The summed E-state index contributed by atoms with van der Waals surface area (Å²) in [6.45, 7) is 2.72. The summed E-state index contributed by atoms with van der Waals surface area (Å²) in [6.07, 6.45) is 0.854. The van der Waals surface area contributed by atoms with Gasteiger partial charge in [-0.2, -0.15) is 4.31 Å². The van der Waals surface area contributed by atoms with Gasteiger partial charge >= 0.3 is 0 Å². The zero-order chi connectivity index (χ0) is 14.0. The van der Waals surface area contributed by atoms with Crippen molar-refractivity contribution in [2.24, 2.45) is 0 Å². The molecule has 0 bridgehead atoms. The van der Waals surface area contributed by atoms with Crippen molar-refractivity contribution in [3.63, 3.8) is 0 Å². The molecule has 1 aliphatic rings. The van der Waals surface area contributed by atoms with Crippen molar-refractivity contribution in [2.75, 3.05) is 26.2 Å². The summed E-state index contributed by atoms with van der Waals surface area (Å²) in [7, 11) is -3.38. The molecule has 114 valence electrons. The Balaban J connectivity index is 0.00000161. The Bertz CT molecular complexity index is 710. The number of fused-ring (bicyclic) bond motifs is 1. The standard InChI is InChI=1S/C15H18N2O2S.ClH/c18-20(19,17-10-3-8-16-9-11-17)15-7-6-13-4-1-2-5-14(13)12-15;/h1-2,4-7,12,16H,3,8-11H2;1H. The van der Waals surface area contributed by atoms with Crippen LogP contribution in [0.25, 0.3) is 10.8 Å². The van der Waals surface area contributed by atoms with Crippen LogP contribution in [0.4, 0.5) is 0 Å². The zero-order valence-corrected chi connectivity index (χ0v) is 13.3. The Morgan fingerprint density at radius 3 is 2.52 bits per heavy atom. The van der Waals surface area contributed by atoms with Gasteiger partial charge < -0.3 is 5.32 Å². The minimum atomic E-state index is -3.38. The maximum absolute atomic E-state index is 12.7. The molecule has 1 saturated heterocycles. The molecule has 0 amide bonds. The van der Waals surface area contributed by atoms with E-state index < -0.39 is 10.0 Å². The average Bonchev–Trinajstić information content (AvgIpc) is 2.76. The predicted octanol–water partition coefficient (Wildman–Crippen LogP) is 2.25. The molecule has 1 fully saturated rings. The van der Waals surface area contributed by atoms with Crippen LogP contribution in [0.1, 0.15) is 6.42 Å². The van der Waals surface area contributed by atoms with Crippen molar-refractivity contribution in [2.45, 2.75) is 11.3 Å². The van der Waals surface area contributed by atoms with Crippen molar-refractivity contribution < 1.29 is 8.42 Å². The second-order valence-corrected chi connectivity index (χ2v) is 6.95. The lowest BCUT2D eigenvalue weighted by molar-refractivity contribution is 0.432. The minimum Gasteiger partial charge on any atom is -0.315 e. The topological polar surface area (TPSA) is 49.4 Å². The third kappa shape index (κ3) is 3.37. The number of hydrogen-bond donors (Lipinski definition) is 1. The molecule has 4 nitrogen and oxygen atoms in total. The fourth-order valence-corrected chi connectivity index (χ4v) is 4.05. The van der Waals surface area contributed by atoms with Gasteiger partial charge in [-0.25, -0.2) is 8.42 Å². The summed E-state index contributed by atoms with van der Waals surface area (Å²) in [5.74, 6) is 0. The van der Waals surface area contributed by atoms with E-state index in [1.165, 1.54) is 0 Å². The Labute approximate surface area is 131 Å². The van der Waals surface area contributed by atoms with E-state index in [4.69, 9.17) is 0 Å². The van der Waals surface area contributed by atoms with E-state index in [0.717, 1.165) is 23.7 Å². The lowest BCUT2D eigenvalue weighted by Gasteiger charge is -2.19. The molecule has 0 radical (unpaired) electrons. The molecule has 0 spiro atoms. The summed E-state index contributed by atoms with van der Waals surface area (Å²) >= 11 is 0. The number of hydrogen-bond acceptors (Lipinski definition) is 3. The molecule has 0 unspecified atom stereocenters. The second kappa shape index (κ2) is 6.75. The van der Waals surface area contributed by atoms with E-state index in [-0.39, 0.29) is 12.4 Å². The summed E-state index contributed by atoms with van der Waals surface area (Å²) in [4.78, 5) is 0.387. The van der Waals surface area contributed by atoms with E-state index in [1.54, 1.807) is 16.4 Å². The van der Waals surface area contributed by atoms with Gasteiger partial charge in [0.15, 0.2) is 0 Å². The van der Waals surface area contributed by atoms with Crippen LogP contribution in [0.15, 0.2) is 47.4 Å². The fourth-order valence-electron chi connectivity index (χ4n) is 2.54. The Kier molecular flexibility index (Phi) is 5.22. The van der Waals surface area contributed by atoms with E-state index in [2.05, 4.69) is 5.32 Å². The highest BCUT2D eigenvalue weighted by atomic mass is 35.5. The number of benzene rings is 2. The van der Waals surface area contributed by atoms with Crippen molar-refractivity contribution in [3.8, 4) is 0 Å². The number of nitrogens with one attached hydrogen (secondary N) is 1. The quantitative estimate of drug-likeness (QED) is 0.921. The highest BCUT2D eigenvalue weighted by Crippen LogP contribution is 2.22. The highest BCUT2D eigenvalue weighted by molar-refractivity contribution is 7.89. The molecule has 0 atom stereocenters. The summed E-state index contributed by atoms with van der Waals surface area (Å²) in [5.41, 5.74) is 0. The van der Waals surface area contributed by atoms with Crippen LogP contribution in [0.3, 0.4) is 0 Å². The molecule has 0 saturated carbocycles.